The van der Waals surface area contributed by atoms with Crippen LogP contribution in [0.25, 0.3) is 0 Å². The van der Waals surface area contributed by atoms with Crippen LogP contribution in [0.4, 0.5) is 0 Å². The lowest BCUT2D eigenvalue weighted by molar-refractivity contribution is -0.364. The molecule has 16 nitrogen and oxygen atoms in total. The molecule has 3 fully saturated rings. The van der Waals surface area contributed by atoms with Gasteiger partial charge in [-0.15, -0.1) is 0 Å². The topological polar surface area (TPSA) is 269 Å². The predicted octanol–water partition coefficient (Wildman–Crippen LogP) is -7.57. The van der Waals surface area contributed by atoms with Crippen molar-refractivity contribution in [1.29, 1.82) is 0 Å². The second kappa shape index (κ2) is 11.6. The van der Waals surface area contributed by atoms with Crippen LogP contribution in [0.3, 0.4) is 0 Å². The van der Waals surface area contributed by atoms with E-state index in [4.69, 9.17) is 23.7 Å². The Balaban J connectivity index is 1.68. The van der Waals surface area contributed by atoms with Crippen molar-refractivity contribution in [2.24, 2.45) is 0 Å². The summed E-state index contributed by atoms with van der Waals surface area (Å²) < 4.78 is 26.2. The lowest BCUT2D eigenvalue weighted by Gasteiger charge is -2.46. The van der Waals surface area contributed by atoms with E-state index in [0.717, 1.165) is 0 Å². The average molecular weight is 504 g/mol. The molecular weight excluding hydrogens is 472 g/mol. The van der Waals surface area contributed by atoms with E-state index in [1.807, 2.05) is 0 Å². The van der Waals surface area contributed by atoms with Crippen LogP contribution >= 0.6 is 0 Å². The van der Waals surface area contributed by atoms with Crippen LogP contribution in [0.2, 0.25) is 0 Å². The number of aliphatic hydroxyl groups is 11. The van der Waals surface area contributed by atoms with E-state index in [1.165, 1.54) is 0 Å². The Hall–Kier alpha value is -0.640. The van der Waals surface area contributed by atoms with Gasteiger partial charge in [-0.2, -0.15) is 0 Å². The van der Waals surface area contributed by atoms with Crippen LogP contribution in [0, 0.1) is 0 Å². The fourth-order valence-electron chi connectivity index (χ4n) is 3.94. The van der Waals surface area contributed by atoms with E-state index in [1.54, 1.807) is 0 Å². The Morgan fingerprint density at radius 3 is 1.65 bits per heavy atom. The van der Waals surface area contributed by atoms with Crippen molar-refractivity contribution < 1.29 is 79.9 Å². The van der Waals surface area contributed by atoms with E-state index < -0.39 is 112 Å². The van der Waals surface area contributed by atoms with Gasteiger partial charge in [0.2, 0.25) is 0 Å². The van der Waals surface area contributed by atoms with Gasteiger partial charge in [0, 0.05) is 0 Å². The summed E-state index contributed by atoms with van der Waals surface area (Å²) >= 11 is 0. The van der Waals surface area contributed by atoms with Crippen molar-refractivity contribution in [3.8, 4) is 0 Å². The van der Waals surface area contributed by atoms with Crippen LogP contribution < -0.4 is 0 Å². The first-order valence-electron chi connectivity index (χ1n) is 10.6. The molecule has 3 saturated heterocycles. The zero-order chi connectivity index (χ0) is 25.3. The fourth-order valence-corrected chi connectivity index (χ4v) is 3.94. The number of hydrogen-bond acceptors (Lipinski definition) is 16. The lowest BCUT2D eigenvalue weighted by Crippen LogP contribution is -2.65. The molecule has 15 atom stereocenters. The van der Waals surface area contributed by atoms with Crippen molar-refractivity contribution in [3.05, 3.63) is 0 Å². The smallest absolute Gasteiger partial charge is 0.187 e. The number of aliphatic hydroxyl groups excluding tert-OH is 11. The second-order valence-corrected chi connectivity index (χ2v) is 8.37. The molecule has 3 heterocycles. The third kappa shape index (κ3) is 5.52. The first kappa shape index (κ1) is 27.9. The Kier molecular flexibility index (Phi) is 9.54. The highest BCUT2D eigenvalue weighted by atomic mass is 16.7. The predicted molar refractivity (Wildman–Crippen MR) is 101 cm³/mol. The van der Waals surface area contributed by atoms with Gasteiger partial charge < -0.3 is 79.9 Å². The van der Waals surface area contributed by atoms with Gasteiger partial charge in [-0.3, -0.25) is 0 Å². The minimum absolute atomic E-state index is 0.593. The van der Waals surface area contributed by atoms with Crippen molar-refractivity contribution in [3.63, 3.8) is 0 Å². The summed E-state index contributed by atoms with van der Waals surface area (Å²) in [6.07, 6.45) is -24.9. The molecule has 3 aliphatic heterocycles. The van der Waals surface area contributed by atoms with E-state index in [0.29, 0.717) is 0 Å². The maximum Gasteiger partial charge on any atom is 0.187 e. The molecule has 0 bridgehead atoms. The Labute approximate surface area is 192 Å². The molecule has 0 radical (unpaired) electrons. The minimum Gasteiger partial charge on any atom is -0.394 e. The first-order chi connectivity index (χ1) is 16.0. The summed E-state index contributed by atoms with van der Waals surface area (Å²) in [6.45, 7) is -2.11. The molecule has 11 N–H and O–H groups in total. The van der Waals surface area contributed by atoms with Crippen molar-refractivity contribution in [2.45, 2.75) is 92.1 Å². The van der Waals surface area contributed by atoms with Gasteiger partial charge in [0.25, 0.3) is 0 Å². The standard InChI is InChI=1S/C18H32O16/c19-1-4-7(21)11(25)13(27)18(33-4)34-15-9(23)5(2-20)32-17(14(15)28)30-3-6-8(22)10(24)12(26)16(29)31-6/h4-29H,1-3H2. The molecular formula is C18H32O16. The summed E-state index contributed by atoms with van der Waals surface area (Å²) in [4.78, 5) is 0. The number of rotatable bonds is 7. The molecule has 3 rings (SSSR count). The van der Waals surface area contributed by atoms with Crippen molar-refractivity contribution in [2.75, 3.05) is 19.8 Å². The van der Waals surface area contributed by atoms with Gasteiger partial charge in [-0.25, -0.2) is 0 Å². The summed E-state index contributed by atoms with van der Waals surface area (Å²) in [6, 6.07) is 0. The van der Waals surface area contributed by atoms with E-state index in [-0.39, 0.29) is 0 Å². The third-order valence-electron chi connectivity index (χ3n) is 6.07. The second-order valence-electron chi connectivity index (χ2n) is 8.37. The molecule has 0 aromatic carbocycles. The summed E-state index contributed by atoms with van der Waals surface area (Å²) in [5, 5.41) is 109. The number of ether oxygens (including phenoxy) is 5. The Bertz CT molecular complexity index is 639. The van der Waals surface area contributed by atoms with Gasteiger partial charge in [-0.1, -0.05) is 0 Å². The minimum atomic E-state index is -1.84. The molecule has 0 aromatic rings. The highest BCUT2D eigenvalue weighted by Crippen LogP contribution is 2.30. The summed E-state index contributed by atoms with van der Waals surface area (Å²) in [5.74, 6) is 0. The van der Waals surface area contributed by atoms with E-state index >= 15 is 0 Å². The molecule has 34 heavy (non-hydrogen) atoms. The fraction of sp³-hybridized carbons (Fsp3) is 1.00. The molecule has 200 valence electrons. The highest BCUT2D eigenvalue weighted by molar-refractivity contribution is 4.94. The van der Waals surface area contributed by atoms with Crippen molar-refractivity contribution >= 4 is 0 Å². The summed E-state index contributed by atoms with van der Waals surface area (Å²) in [7, 11) is 0. The molecule has 0 aliphatic carbocycles. The summed E-state index contributed by atoms with van der Waals surface area (Å²) in [5.41, 5.74) is 0. The van der Waals surface area contributed by atoms with Gasteiger partial charge >= 0.3 is 0 Å². The van der Waals surface area contributed by atoms with Crippen LogP contribution in [0.1, 0.15) is 0 Å². The third-order valence-corrected chi connectivity index (χ3v) is 6.07. The van der Waals surface area contributed by atoms with Gasteiger partial charge in [0.05, 0.1) is 19.8 Å². The largest absolute Gasteiger partial charge is 0.394 e. The first-order valence-corrected chi connectivity index (χ1v) is 10.6. The average Bonchev–Trinajstić information content (AvgIpc) is 2.82. The van der Waals surface area contributed by atoms with Crippen LogP contribution in [0.5, 0.6) is 0 Å². The molecule has 0 aromatic heterocycles. The quantitative estimate of drug-likeness (QED) is 0.154. The molecule has 0 spiro atoms. The van der Waals surface area contributed by atoms with Gasteiger partial charge in [0.1, 0.15) is 73.2 Å². The van der Waals surface area contributed by atoms with E-state index in [9.17, 15) is 56.2 Å². The van der Waals surface area contributed by atoms with Crippen LogP contribution in [-0.2, 0) is 23.7 Å². The van der Waals surface area contributed by atoms with Crippen molar-refractivity contribution in [1.82, 2.24) is 0 Å². The zero-order valence-electron chi connectivity index (χ0n) is 17.7. The Morgan fingerprint density at radius 2 is 1.03 bits per heavy atom. The van der Waals surface area contributed by atoms with Crippen LogP contribution in [-0.4, -0.2) is 168 Å². The molecule has 15 unspecified atom stereocenters. The molecule has 16 heteroatoms. The van der Waals surface area contributed by atoms with Gasteiger partial charge in [0.15, 0.2) is 18.9 Å². The molecule has 0 amide bonds. The molecule has 0 saturated carbocycles. The van der Waals surface area contributed by atoms with E-state index in [2.05, 4.69) is 0 Å². The maximum absolute atomic E-state index is 10.7. The monoisotopic (exact) mass is 504 g/mol. The maximum atomic E-state index is 10.7. The normalized spacial score (nSPS) is 52.5. The van der Waals surface area contributed by atoms with Gasteiger partial charge in [-0.05, 0) is 0 Å². The lowest BCUT2D eigenvalue weighted by atomic mass is 9.97. The Morgan fingerprint density at radius 1 is 0.500 bits per heavy atom. The SMILES string of the molecule is OCC1OC(OC2C(O)C(CO)OC(OCC3OC(O)C(O)C(O)C3O)C2O)C(O)C(O)C1O. The highest BCUT2D eigenvalue weighted by Gasteiger charge is 2.51. The zero-order valence-corrected chi connectivity index (χ0v) is 17.7. The molecule has 3 aliphatic rings. The van der Waals surface area contributed by atoms with Crippen LogP contribution in [0.15, 0.2) is 0 Å². The number of hydrogen-bond donors (Lipinski definition) is 11.